The monoisotopic (exact) mass is 502 g/mol. The predicted octanol–water partition coefficient (Wildman–Crippen LogP) is 2.72. The molecule has 0 spiro atoms. The molecule has 1 atom stereocenters. The summed E-state index contributed by atoms with van der Waals surface area (Å²) in [5.41, 5.74) is 1.27. The van der Waals surface area contributed by atoms with E-state index in [0.29, 0.717) is 40.6 Å². The van der Waals surface area contributed by atoms with Crippen LogP contribution in [0.25, 0.3) is 11.0 Å². The van der Waals surface area contributed by atoms with E-state index in [4.69, 9.17) is 0 Å². The average molecular weight is 503 g/mol. The largest absolute Gasteiger partial charge is 0.369 e. The summed E-state index contributed by atoms with van der Waals surface area (Å²) in [5, 5.41) is 13.1. The number of aromatic nitrogens is 6. The van der Waals surface area contributed by atoms with Crippen LogP contribution in [0.15, 0.2) is 27.5 Å². The van der Waals surface area contributed by atoms with Gasteiger partial charge in [0.1, 0.15) is 5.82 Å². The Hall–Kier alpha value is -2.60. The first-order chi connectivity index (χ1) is 16.4. The zero-order chi connectivity index (χ0) is 24.2. The second-order valence-corrected chi connectivity index (χ2v) is 10.8. The maximum absolute atomic E-state index is 12.6. The van der Waals surface area contributed by atoms with E-state index in [0.717, 1.165) is 29.1 Å². The maximum atomic E-state index is 12.6. The molecule has 3 aromatic rings. The molecule has 3 aromatic heterocycles. The van der Waals surface area contributed by atoms with Crippen LogP contribution < -0.4 is 16.2 Å². The molecule has 0 radical (unpaired) electrons. The van der Waals surface area contributed by atoms with Gasteiger partial charge in [0, 0.05) is 37.0 Å². The summed E-state index contributed by atoms with van der Waals surface area (Å²) in [6, 6.07) is -0.179. The SMILES string of the molecule is CCSc1nc(NCC(C)C)c2cnn(CCNC(=O)CC3CSc4ncc(C)c(=O)n43)c2n1. The first-order valence-corrected chi connectivity index (χ1v) is 13.4. The van der Waals surface area contributed by atoms with Crippen LogP contribution in [0.2, 0.25) is 0 Å². The standard InChI is InChI=1S/C22H30N8O2S2/c1-5-33-21-27-18(24-9-13(2)3)16-11-26-29(19(16)28-21)7-6-23-17(31)8-15-12-34-22-25-10-14(4)20(32)30(15)22/h10-11,13,15H,5-9,12H2,1-4H3,(H,23,31)(H,24,27,28). The van der Waals surface area contributed by atoms with E-state index in [9.17, 15) is 9.59 Å². The quantitative estimate of drug-likeness (QED) is 0.318. The summed E-state index contributed by atoms with van der Waals surface area (Å²) in [6.07, 6.45) is 3.61. The van der Waals surface area contributed by atoms with Gasteiger partial charge in [-0.05, 0) is 18.6 Å². The predicted molar refractivity (Wildman–Crippen MR) is 136 cm³/mol. The topological polar surface area (TPSA) is 120 Å². The van der Waals surface area contributed by atoms with Gasteiger partial charge in [-0.2, -0.15) is 5.10 Å². The molecule has 0 saturated carbocycles. The normalized spacial score (nSPS) is 15.1. The van der Waals surface area contributed by atoms with Gasteiger partial charge in [-0.15, -0.1) is 0 Å². The highest BCUT2D eigenvalue weighted by atomic mass is 32.2. The van der Waals surface area contributed by atoms with E-state index >= 15 is 0 Å². The first-order valence-electron chi connectivity index (χ1n) is 11.4. The number of carbonyl (C=O) groups excluding carboxylic acids is 1. The number of amides is 1. The molecule has 0 saturated heterocycles. The molecule has 0 fully saturated rings. The average Bonchev–Trinajstić information content (AvgIpc) is 3.39. The van der Waals surface area contributed by atoms with Gasteiger partial charge in [0.05, 0.1) is 24.2 Å². The summed E-state index contributed by atoms with van der Waals surface area (Å²) >= 11 is 3.10. The number of hydrogen-bond acceptors (Lipinski definition) is 9. The number of hydrogen-bond donors (Lipinski definition) is 2. The second-order valence-electron chi connectivity index (χ2n) is 8.59. The van der Waals surface area contributed by atoms with E-state index in [1.807, 2.05) is 0 Å². The highest BCUT2D eigenvalue weighted by molar-refractivity contribution is 7.99. The Bertz CT molecular complexity index is 1240. The van der Waals surface area contributed by atoms with Crippen molar-refractivity contribution in [3.63, 3.8) is 0 Å². The van der Waals surface area contributed by atoms with Crippen LogP contribution in [0.5, 0.6) is 0 Å². The molecule has 12 heteroatoms. The Morgan fingerprint density at radius 1 is 1.32 bits per heavy atom. The van der Waals surface area contributed by atoms with Crippen LogP contribution in [0.4, 0.5) is 5.82 Å². The Labute approximate surface area is 206 Å². The molecule has 1 aliphatic rings. The van der Waals surface area contributed by atoms with Crippen LogP contribution in [0.3, 0.4) is 0 Å². The summed E-state index contributed by atoms with van der Waals surface area (Å²) in [5.74, 6) is 2.72. The molecule has 4 rings (SSSR count). The van der Waals surface area contributed by atoms with Gasteiger partial charge < -0.3 is 10.6 Å². The van der Waals surface area contributed by atoms with Gasteiger partial charge in [-0.3, -0.25) is 14.2 Å². The van der Waals surface area contributed by atoms with Gasteiger partial charge in [-0.25, -0.2) is 19.6 Å². The second kappa shape index (κ2) is 10.8. The van der Waals surface area contributed by atoms with Crippen molar-refractivity contribution in [1.82, 2.24) is 34.6 Å². The molecular weight excluding hydrogens is 472 g/mol. The van der Waals surface area contributed by atoms with E-state index in [1.165, 1.54) is 11.8 Å². The summed E-state index contributed by atoms with van der Waals surface area (Å²) < 4.78 is 3.45. The van der Waals surface area contributed by atoms with Crippen molar-refractivity contribution >= 4 is 46.3 Å². The zero-order valence-corrected chi connectivity index (χ0v) is 21.5. The third-order valence-corrected chi connectivity index (χ3v) is 7.24. The molecular formula is C22H30N8O2S2. The minimum Gasteiger partial charge on any atom is -0.369 e. The summed E-state index contributed by atoms with van der Waals surface area (Å²) in [6.45, 7) is 9.82. The molecule has 2 N–H and O–H groups in total. The van der Waals surface area contributed by atoms with Crippen LogP contribution in [-0.2, 0) is 11.3 Å². The zero-order valence-electron chi connectivity index (χ0n) is 19.9. The van der Waals surface area contributed by atoms with Crippen LogP contribution in [-0.4, -0.2) is 59.8 Å². The fraction of sp³-hybridized carbons (Fsp3) is 0.545. The van der Waals surface area contributed by atoms with Crippen molar-refractivity contribution in [1.29, 1.82) is 0 Å². The lowest BCUT2D eigenvalue weighted by Gasteiger charge is -2.14. The maximum Gasteiger partial charge on any atom is 0.257 e. The highest BCUT2D eigenvalue weighted by Gasteiger charge is 2.27. The highest BCUT2D eigenvalue weighted by Crippen LogP contribution is 2.31. The van der Waals surface area contributed by atoms with Crippen molar-refractivity contribution in [2.24, 2.45) is 5.92 Å². The number of nitrogens with one attached hydrogen (secondary N) is 2. The number of fused-ring (bicyclic) bond motifs is 2. The first kappa shape index (κ1) is 24.5. The van der Waals surface area contributed by atoms with Crippen molar-refractivity contribution in [2.45, 2.75) is 57.0 Å². The van der Waals surface area contributed by atoms with Crippen LogP contribution >= 0.6 is 23.5 Å². The molecule has 182 valence electrons. The molecule has 1 aliphatic heterocycles. The molecule has 1 amide bonds. The lowest BCUT2D eigenvalue weighted by Crippen LogP contribution is -2.32. The third kappa shape index (κ3) is 5.38. The lowest BCUT2D eigenvalue weighted by atomic mass is 10.2. The molecule has 4 heterocycles. The van der Waals surface area contributed by atoms with Crippen molar-refractivity contribution in [3.8, 4) is 0 Å². The molecule has 34 heavy (non-hydrogen) atoms. The van der Waals surface area contributed by atoms with Crippen LogP contribution in [0, 0.1) is 12.8 Å². The molecule has 10 nitrogen and oxygen atoms in total. The minimum absolute atomic E-state index is 0.0712. The van der Waals surface area contributed by atoms with Gasteiger partial charge in [0.25, 0.3) is 5.56 Å². The van der Waals surface area contributed by atoms with Crippen molar-refractivity contribution in [3.05, 3.63) is 28.3 Å². The van der Waals surface area contributed by atoms with Crippen LogP contribution in [0.1, 0.15) is 38.8 Å². The van der Waals surface area contributed by atoms with Gasteiger partial charge in [-0.1, -0.05) is 44.3 Å². The van der Waals surface area contributed by atoms with E-state index in [2.05, 4.69) is 51.5 Å². The van der Waals surface area contributed by atoms with E-state index in [1.54, 1.807) is 40.3 Å². The minimum atomic E-state index is -0.179. The molecule has 1 unspecified atom stereocenters. The van der Waals surface area contributed by atoms with Crippen molar-refractivity contribution in [2.75, 3.05) is 29.9 Å². The number of anilines is 1. The third-order valence-electron chi connectivity index (χ3n) is 5.39. The lowest BCUT2D eigenvalue weighted by molar-refractivity contribution is -0.121. The Morgan fingerprint density at radius 3 is 2.91 bits per heavy atom. The smallest absolute Gasteiger partial charge is 0.257 e. The van der Waals surface area contributed by atoms with Gasteiger partial charge >= 0.3 is 0 Å². The van der Waals surface area contributed by atoms with E-state index < -0.39 is 0 Å². The van der Waals surface area contributed by atoms with Gasteiger partial charge in [0.2, 0.25) is 5.91 Å². The molecule has 0 aromatic carbocycles. The van der Waals surface area contributed by atoms with E-state index in [-0.39, 0.29) is 23.9 Å². The number of aryl methyl sites for hydroxylation is 1. The fourth-order valence-corrected chi connectivity index (χ4v) is 5.36. The number of thioether (sulfide) groups is 2. The molecule has 0 aliphatic carbocycles. The Morgan fingerprint density at radius 2 is 2.15 bits per heavy atom. The molecule has 0 bridgehead atoms. The fourth-order valence-electron chi connectivity index (χ4n) is 3.69. The Balaban J connectivity index is 1.41. The number of rotatable bonds is 10. The number of carbonyl (C=O) groups is 1. The van der Waals surface area contributed by atoms with Gasteiger partial charge in [0.15, 0.2) is 16.0 Å². The summed E-state index contributed by atoms with van der Waals surface area (Å²) in [7, 11) is 0. The Kier molecular flexibility index (Phi) is 7.77. The van der Waals surface area contributed by atoms with Crippen molar-refractivity contribution < 1.29 is 4.79 Å². The summed E-state index contributed by atoms with van der Waals surface area (Å²) in [4.78, 5) is 38.8. The number of nitrogens with zero attached hydrogens (tertiary/aromatic N) is 6.